The molecule has 0 aliphatic heterocycles. The number of aliphatic hydroxyl groups is 1. The predicted octanol–water partition coefficient (Wildman–Crippen LogP) is -0.538. The molecule has 122 valence electrons. The van der Waals surface area contributed by atoms with Gasteiger partial charge in [0.15, 0.2) is 0 Å². The number of nitrogens with zero attached hydrogens (tertiary/aromatic N) is 1. The molecule has 0 saturated carbocycles. The predicted molar refractivity (Wildman–Crippen MR) is 81.0 cm³/mol. The van der Waals surface area contributed by atoms with E-state index in [9.17, 15) is 24.6 Å². The highest BCUT2D eigenvalue weighted by Gasteiger charge is 2.28. The van der Waals surface area contributed by atoms with Gasteiger partial charge in [-0.05, 0) is 6.92 Å². The Hall–Kier alpha value is -0.970. The molecular formula is C11H20N2O6S2. The average molecular weight is 340 g/mol. The lowest BCUT2D eigenvalue weighted by molar-refractivity contribution is -0.149. The van der Waals surface area contributed by atoms with E-state index in [4.69, 9.17) is 10.8 Å². The number of hydrogen-bond acceptors (Lipinski definition) is 7. The van der Waals surface area contributed by atoms with Crippen molar-refractivity contribution in [2.75, 3.05) is 18.1 Å². The van der Waals surface area contributed by atoms with Crippen LogP contribution in [-0.2, 0) is 14.4 Å². The van der Waals surface area contributed by atoms with Crippen LogP contribution >= 0.6 is 21.6 Å². The van der Waals surface area contributed by atoms with Crippen molar-refractivity contribution < 1.29 is 29.7 Å². The first-order valence-corrected chi connectivity index (χ1v) is 8.56. The monoisotopic (exact) mass is 340 g/mol. The molecule has 0 bridgehead atoms. The lowest BCUT2D eigenvalue weighted by Gasteiger charge is -2.28. The maximum absolute atomic E-state index is 11.5. The Morgan fingerprint density at radius 2 is 1.67 bits per heavy atom. The molecule has 0 aromatic rings. The molecule has 3 unspecified atom stereocenters. The summed E-state index contributed by atoms with van der Waals surface area (Å²) in [6.45, 7) is 2.62. The van der Waals surface area contributed by atoms with E-state index in [2.05, 4.69) is 0 Å². The largest absolute Gasteiger partial charge is 0.480 e. The number of amides is 1. The van der Waals surface area contributed by atoms with Gasteiger partial charge in [-0.2, -0.15) is 0 Å². The zero-order valence-corrected chi connectivity index (χ0v) is 13.4. The van der Waals surface area contributed by atoms with Gasteiger partial charge >= 0.3 is 11.9 Å². The van der Waals surface area contributed by atoms with Crippen LogP contribution in [0.4, 0.5) is 0 Å². The molecule has 0 spiro atoms. The summed E-state index contributed by atoms with van der Waals surface area (Å²) in [6.07, 6.45) is -0.839. The molecule has 10 heteroatoms. The molecule has 0 aliphatic rings. The van der Waals surface area contributed by atoms with Gasteiger partial charge in [-0.15, -0.1) is 0 Å². The molecule has 0 rings (SSSR count). The molecule has 0 saturated heterocycles. The van der Waals surface area contributed by atoms with Gasteiger partial charge in [0.25, 0.3) is 0 Å². The zero-order valence-electron chi connectivity index (χ0n) is 11.8. The highest BCUT2D eigenvalue weighted by molar-refractivity contribution is 8.76. The molecule has 0 heterocycles. The SMILES string of the molecule is CC(=O)N(CC(C)O)C(CSSCC(N)C(=O)O)C(=O)O. The molecule has 1 amide bonds. The third-order valence-corrected chi connectivity index (χ3v) is 4.83. The van der Waals surface area contributed by atoms with Crippen LogP contribution in [0.2, 0.25) is 0 Å². The number of aliphatic carboxylic acids is 2. The Labute approximate surface area is 130 Å². The van der Waals surface area contributed by atoms with Gasteiger partial charge in [-0.3, -0.25) is 9.59 Å². The Bertz CT molecular complexity index is 380. The first-order valence-electron chi connectivity index (χ1n) is 6.07. The number of carboxylic acid groups (broad SMARTS) is 2. The number of rotatable bonds is 10. The molecule has 5 N–H and O–H groups in total. The zero-order chi connectivity index (χ0) is 16.6. The smallest absolute Gasteiger partial charge is 0.327 e. The Kier molecular flexibility index (Phi) is 9.42. The van der Waals surface area contributed by atoms with E-state index in [-0.39, 0.29) is 18.1 Å². The maximum atomic E-state index is 11.5. The Morgan fingerprint density at radius 3 is 2.05 bits per heavy atom. The van der Waals surface area contributed by atoms with Crippen LogP contribution < -0.4 is 5.73 Å². The number of carbonyl (C=O) groups is 3. The fourth-order valence-corrected chi connectivity index (χ4v) is 3.70. The normalized spacial score (nSPS) is 15.0. The van der Waals surface area contributed by atoms with Gasteiger partial charge in [0.1, 0.15) is 12.1 Å². The van der Waals surface area contributed by atoms with Crippen molar-refractivity contribution in [3.8, 4) is 0 Å². The molecule has 8 nitrogen and oxygen atoms in total. The van der Waals surface area contributed by atoms with E-state index >= 15 is 0 Å². The lowest BCUT2D eigenvalue weighted by atomic mass is 10.2. The number of aliphatic hydroxyl groups excluding tert-OH is 1. The van der Waals surface area contributed by atoms with E-state index in [1.807, 2.05) is 0 Å². The summed E-state index contributed by atoms with van der Waals surface area (Å²) in [4.78, 5) is 34.4. The second kappa shape index (κ2) is 9.87. The average Bonchev–Trinajstić information content (AvgIpc) is 2.35. The standard InChI is InChI=1S/C11H20N2O6S2/c1-6(14)3-13(7(2)15)9(11(18)19)5-21-20-4-8(12)10(16)17/h6,8-9,14H,3-5,12H2,1-2H3,(H,16,17)(H,18,19). The molecule has 0 aromatic carbocycles. The molecule has 0 aliphatic carbocycles. The fraction of sp³-hybridized carbons (Fsp3) is 0.727. The highest BCUT2D eigenvalue weighted by Crippen LogP contribution is 2.24. The van der Waals surface area contributed by atoms with Gasteiger partial charge in [-0.1, -0.05) is 21.6 Å². The summed E-state index contributed by atoms with van der Waals surface area (Å²) in [5.41, 5.74) is 5.32. The summed E-state index contributed by atoms with van der Waals surface area (Å²) in [5, 5.41) is 27.1. The molecule has 0 radical (unpaired) electrons. The van der Waals surface area contributed by atoms with E-state index in [1.165, 1.54) is 13.8 Å². The van der Waals surface area contributed by atoms with Crippen molar-refractivity contribution in [1.82, 2.24) is 4.90 Å². The third-order valence-electron chi connectivity index (χ3n) is 2.40. The van der Waals surface area contributed by atoms with Crippen molar-refractivity contribution in [1.29, 1.82) is 0 Å². The van der Waals surface area contributed by atoms with Crippen LogP contribution in [0.25, 0.3) is 0 Å². The minimum atomic E-state index is -1.18. The number of hydrogen-bond donors (Lipinski definition) is 4. The van der Waals surface area contributed by atoms with E-state index in [1.54, 1.807) is 0 Å². The summed E-state index contributed by atoms with van der Waals surface area (Å²) in [7, 11) is 2.26. The molecular weight excluding hydrogens is 320 g/mol. The van der Waals surface area contributed by atoms with Gasteiger partial charge in [-0.25, -0.2) is 4.79 Å². The Morgan fingerprint density at radius 1 is 1.14 bits per heavy atom. The van der Waals surface area contributed by atoms with E-state index in [0.717, 1.165) is 26.5 Å². The molecule has 0 fully saturated rings. The van der Waals surface area contributed by atoms with Crippen LogP contribution in [0.3, 0.4) is 0 Å². The first-order chi connectivity index (χ1) is 9.66. The lowest BCUT2D eigenvalue weighted by Crippen LogP contribution is -2.48. The van der Waals surface area contributed by atoms with E-state index < -0.39 is 36.0 Å². The van der Waals surface area contributed by atoms with Crippen molar-refractivity contribution >= 4 is 39.4 Å². The molecule has 3 atom stereocenters. The number of carboxylic acids is 2. The van der Waals surface area contributed by atoms with Crippen LogP contribution in [0, 0.1) is 0 Å². The van der Waals surface area contributed by atoms with Gasteiger partial charge in [0.05, 0.1) is 6.10 Å². The van der Waals surface area contributed by atoms with Crippen LogP contribution in [0.15, 0.2) is 0 Å². The topological polar surface area (TPSA) is 141 Å². The summed E-state index contributed by atoms with van der Waals surface area (Å²) in [6, 6.07) is -2.11. The number of carbonyl (C=O) groups excluding carboxylic acids is 1. The Balaban J connectivity index is 4.50. The molecule has 0 aromatic heterocycles. The maximum Gasteiger partial charge on any atom is 0.327 e. The van der Waals surface area contributed by atoms with Crippen LogP contribution in [0.5, 0.6) is 0 Å². The minimum Gasteiger partial charge on any atom is -0.480 e. The quantitative estimate of drug-likeness (QED) is 0.305. The van der Waals surface area contributed by atoms with E-state index in [0.29, 0.717) is 0 Å². The fourth-order valence-electron chi connectivity index (χ4n) is 1.36. The number of nitrogens with two attached hydrogens (primary N) is 1. The van der Waals surface area contributed by atoms with Crippen LogP contribution in [0.1, 0.15) is 13.8 Å². The second-order valence-corrected chi connectivity index (χ2v) is 6.94. The summed E-state index contributed by atoms with van der Waals surface area (Å²) in [5.74, 6) is -2.56. The molecule has 21 heavy (non-hydrogen) atoms. The van der Waals surface area contributed by atoms with Gasteiger partial charge in [0, 0.05) is 25.0 Å². The van der Waals surface area contributed by atoms with Crippen molar-refractivity contribution in [3.63, 3.8) is 0 Å². The first kappa shape index (κ1) is 20.0. The van der Waals surface area contributed by atoms with Gasteiger partial charge in [0.2, 0.25) is 5.91 Å². The van der Waals surface area contributed by atoms with Gasteiger partial charge < -0.3 is 26.0 Å². The minimum absolute atomic E-state index is 0.0681. The summed E-state index contributed by atoms with van der Waals surface area (Å²) >= 11 is 0. The van der Waals surface area contributed by atoms with Crippen molar-refractivity contribution in [2.45, 2.75) is 32.0 Å². The van der Waals surface area contributed by atoms with Crippen LogP contribution in [-0.4, -0.2) is 74.3 Å². The van der Waals surface area contributed by atoms with Crippen molar-refractivity contribution in [2.24, 2.45) is 5.73 Å². The second-order valence-electron chi connectivity index (χ2n) is 4.39. The summed E-state index contributed by atoms with van der Waals surface area (Å²) < 4.78 is 0. The third kappa shape index (κ3) is 8.15. The highest BCUT2D eigenvalue weighted by atomic mass is 33.1. The van der Waals surface area contributed by atoms with Crippen molar-refractivity contribution in [3.05, 3.63) is 0 Å².